The molecule has 0 aliphatic heterocycles. The maximum Gasteiger partial charge on any atom is 0.253 e. The minimum Gasteiger partial charge on any atom is -0.383 e. The molecule has 0 spiro atoms. The molecule has 0 aromatic heterocycles. The van der Waals surface area contributed by atoms with Crippen LogP contribution in [0.3, 0.4) is 0 Å². The van der Waals surface area contributed by atoms with Crippen molar-refractivity contribution in [3.8, 4) is 0 Å². The van der Waals surface area contributed by atoms with Gasteiger partial charge >= 0.3 is 0 Å². The Morgan fingerprint density at radius 1 is 1.38 bits per heavy atom. The van der Waals surface area contributed by atoms with E-state index in [1.807, 2.05) is 13.8 Å². The largest absolute Gasteiger partial charge is 0.383 e. The second-order valence-electron chi connectivity index (χ2n) is 4.14. The van der Waals surface area contributed by atoms with Crippen LogP contribution in [-0.2, 0) is 4.79 Å². The van der Waals surface area contributed by atoms with Gasteiger partial charge in [0.15, 0.2) is 0 Å². The summed E-state index contributed by atoms with van der Waals surface area (Å²) in [6.45, 7) is 3.91. The minimum absolute atomic E-state index is 0.283. The maximum absolute atomic E-state index is 11.5. The number of halogens is 1. The molecule has 0 fully saturated rings. The van der Waals surface area contributed by atoms with Gasteiger partial charge < -0.3 is 10.4 Å². The summed E-state index contributed by atoms with van der Waals surface area (Å²) in [6.07, 6.45) is -0.505. The van der Waals surface area contributed by atoms with Crippen LogP contribution in [0.2, 0.25) is 5.02 Å². The molecule has 0 radical (unpaired) electrons. The lowest BCUT2D eigenvalue weighted by atomic mass is 10.1. The number of nitrogens with one attached hydrogen (secondary N) is 1. The lowest BCUT2D eigenvalue weighted by molar-refractivity contribution is -0.124. The first kappa shape index (κ1) is 13.0. The number of rotatable bonds is 4. The highest BCUT2D eigenvalue weighted by Crippen LogP contribution is 2.14. The molecule has 88 valence electrons. The molecule has 1 aromatic rings. The quantitative estimate of drug-likeness (QED) is 0.852. The van der Waals surface area contributed by atoms with E-state index in [2.05, 4.69) is 5.32 Å². The summed E-state index contributed by atoms with van der Waals surface area (Å²) in [7, 11) is 0. The van der Waals surface area contributed by atoms with Gasteiger partial charge in [0, 0.05) is 10.7 Å². The Labute approximate surface area is 100 Å². The predicted molar refractivity (Wildman–Crippen MR) is 65.5 cm³/mol. The van der Waals surface area contributed by atoms with Gasteiger partial charge in [-0.2, -0.15) is 0 Å². The van der Waals surface area contributed by atoms with Crippen LogP contribution in [0.5, 0.6) is 0 Å². The van der Waals surface area contributed by atoms with Gasteiger partial charge in [-0.3, -0.25) is 4.79 Å². The lowest BCUT2D eigenvalue weighted by Crippen LogP contribution is -2.28. The summed E-state index contributed by atoms with van der Waals surface area (Å²) in [5.41, 5.74) is 0.636. The van der Waals surface area contributed by atoms with Crippen molar-refractivity contribution in [1.82, 2.24) is 0 Å². The van der Waals surface area contributed by atoms with Gasteiger partial charge in [0.1, 0.15) is 6.10 Å². The Morgan fingerprint density at radius 2 is 1.94 bits per heavy atom. The van der Waals surface area contributed by atoms with Gasteiger partial charge in [-0.25, -0.2) is 0 Å². The first-order valence-corrected chi connectivity index (χ1v) is 5.61. The van der Waals surface area contributed by atoms with E-state index < -0.39 is 6.10 Å². The molecule has 0 saturated carbocycles. The van der Waals surface area contributed by atoms with Gasteiger partial charge in [-0.1, -0.05) is 25.4 Å². The van der Waals surface area contributed by atoms with Crippen molar-refractivity contribution in [2.24, 2.45) is 5.92 Å². The van der Waals surface area contributed by atoms with E-state index in [9.17, 15) is 9.90 Å². The number of carbonyl (C=O) groups excluding carboxylic acids is 1. The Kier molecular flexibility index (Phi) is 4.77. The van der Waals surface area contributed by atoms with E-state index in [0.717, 1.165) is 0 Å². The van der Waals surface area contributed by atoms with Gasteiger partial charge in [-0.05, 0) is 36.6 Å². The van der Waals surface area contributed by atoms with Crippen molar-refractivity contribution < 1.29 is 9.90 Å². The zero-order valence-electron chi connectivity index (χ0n) is 9.40. The molecule has 0 aliphatic rings. The molecule has 1 atom stereocenters. The fourth-order valence-corrected chi connectivity index (χ4v) is 1.44. The minimum atomic E-state index is -0.962. The molecular formula is C12H16ClNO2. The predicted octanol–water partition coefficient (Wildman–Crippen LogP) is 2.69. The van der Waals surface area contributed by atoms with Crippen molar-refractivity contribution in [1.29, 1.82) is 0 Å². The highest BCUT2D eigenvalue weighted by molar-refractivity contribution is 6.30. The van der Waals surface area contributed by atoms with Crippen LogP contribution in [0.15, 0.2) is 24.3 Å². The Bertz CT molecular complexity index is 349. The highest BCUT2D eigenvalue weighted by Gasteiger charge is 2.16. The Hall–Kier alpha value is -1.06. The van der Waals surface area contributed by atoms with Crippen LogP contribution in [0.1, 0.15) is 20.3 Å². The molecule has 1 amide bonds. The van der Waals surface area contributed by atoms with E-state index in [-0.39, 0.29) is 11.8 Å². The molecular weight excluding hydrogens is 226 g/mol. The second kappa shape index (κ2) is 5.87. The number of aliphatic hydroxyl groups excluding tert-OH is 1. The summed E-state index contributed by atoms with van der Waals surface area (Å²) in [4.78, 5) is 11.5. The number of amides is 1. The van der Waals surface area contributed by atoms with E-state index in [4.69, 9.17) is 11.6 Å². The van der Waals surface area contributed by atoms with E-state index in [0.29, 0.717) is 17.1 Å². The molecule has 16 heavy (non-hydrogen) atoms. The van der Waals surface area contributed by atoms with Gasteiger partial charge in [0.25, 0.3) is 5.91 Å². The number of hydrogen-bond acceptors (Lipinski definition) is 2. The third-order valence-corrected chi connectivity index (χ3v) is 2.36. The smallest absolute Gasteiger partial charge is 0.253 e. The van der Waals surface area contributed by atoms with Gasteiger partial charge in [-0.15, -0.1) is 0 Å². The van der Waals surface area contributed by atoms with E-state index >= 15 is 0 Å². The number of hydrogen-bond donors (Lipinski definition) is 2. The zero-order chi connectivity index (χ0) is 12.1. The Balaban J connectivity index is 2.54. The number of aliphatic hydroxyl groups is 1. The molecule has 4 heteroatoms. The van der Waals surface area contributed by atoms with Crippen molar-refractivity contribution in [2.75, 3.05) is 5.32 Å². The molecule has 1 aromatic carbocycles. The highest BCUT2D eigenvalue weighted by atomic mass is 35.5. The summed E-state index contributed by atoms with van der Waals surface area (Å²) >= 11 is 5.72. The number of carbonyl (C=O) groups is 1. The van der Waals surface area contributed by atoms with Crippen molar-refractivity contribution in [3.63, 3.8) is 0 Å². The van der Waals surface area contributed by atoms with Gasteiger partial charge in [0.05, 0.1) is 0 Å². The van der Waals surface area contributed by atoms with Gasteiger partial charge in [0.2, 0.25) is 0 Å². The average Bonchev–Trinajstić information content (AvgIpc) is 2.20. The zero-order valence-corrected chi connectivity index (χ0v) is 10.2. The molecule has 1 unspecified atom stereocenters. The molecule has 0 aliphatic carbocycles. The maximum atomic E-state index is 11.5. The second-order valence-corrected chi connectivity index (χ2v) is 4.58. The average molecular weight is 242 g/mol. The molecule has 2 N–H and O–H groups in total. The summed E-state index contributed by atoms with van der Waals surface area (Å²) in [5.74, 6) is -0.0954. The van der Waals surface area contributed by atoms with Crippen molar-refractivity contribution in [2.45, 2.75) is 26.4 Å². The van der Waals surface area contributed by atoms with Crippen LogP contribution in [0.4, 0.5) is 5.69 Å². The summed E-state index contributed by atoms with van der Waals surface area (Å²) in [5, 5.41) is 12.8. The monoisotopic (exact) mass is 241 g/mol. The first-order chi connectivity index (χ1) is 7.49. The third kappa shape index (κ3) is 4.21. The fraction of sp³-hybridized carbons (Fsp3) is 0.417. The normalized spacial score (nSPS) is 12.6. The molecule has 0 heterocycles. The van der Waals surface area contributed by atoms with Crippen LogP contribution >= 0.6 is 11.6 Å². The van der Waals surface area contributed by atoms with Crippen molar-refractivity contribution >= 4 is 23.2 Å². The van der Waals surface area contributed by atoms with Crippen molar-refractivity contribution in [3.05, 3.63) is 29.3 Å². The number of benzene rings is 1. The van der Waals surface area contributed by atoms with E-state index in [1.54, 1.807) is 24.3 Å². The van der Waals surface area contributed by atoms with E-state index in [1.165, 1.54) is 0 Å². The van der Waals surface area contributed by atoms with Crippen LogP contribution in [0.25, 0.3) is 0 Å². The standard InChI is InChI=1S/C12H16ClNO2/c1-8(2)7-11(15)12(16)14-10-5-3-9(13)4-6-10/h3-6,8,11,15H,7H2,1-2H3,(H,14,16). The molecule has 1 rings (SSSR count). The fourth-order valence-electron chi connectivity index (χ4n) is 1.31. The summed E-state index contributed by atoms with van der Waals surface area (Å²) < 4.78 is 0. The number of anilines is 1. The lowest BCUT2D eigenvalue weighted by Gasteiger charge is -2.13. The SMILES string of the molecule is CC(C)CC(O)C(=O)Nc1ccc(Cl)cc1. The van der Waals surface area contributed by atoms with Crippen LogP contribution < -0.4 is 5.32 Å². The van der Waals surface area contributed by atoms with Crippen LogP contribution in [-0.4, -0.2) is 17.1 Å². The molecule has 0 bridgehead atoms. The van der Waals surface area contributed by atoms with Crippen LogP contribution in [0, 0.1) is 5.92 Å². The summed E-state index contributed by atoms with van der Waals surface area (Å²) in [6, 6.07) is 6.77. The molecule has 0 saturated heterocycles. The third-order valence-electron chi connectivity index (χ3n) is 2.11. The molecule has 3 nitrogen and oxygen atoms in total. The Morgan fingerprint density at radius 3 is 2.44 bits per heavy atom. The first-order valence-electron chi connectivity index (χ1n) is 5.23. The topological polar surface area (TPSA) is 49.3 Å².